The summed E-state index contributed by atoms with van der Waals surface area (Å²) in [5.74, 6) is 0.175. The molecule has 2 aliphatic carbocycles. The minimum Gasteiger partial charge on any atom is -0.366 e. The zero-order valence-corrected chi connectivity index (χ0v) is 10.8. The van der Waals surface area contributed by atoms with Crippen molar-refractivity contribution in [3.05, 3.63) is 0 Å². The van der Waals surface area contributed by atoms with E-state index in [1.54, 1.807) is 0 Å². The Morgan fingerprint density at radius 3 is 2.94 bits per heavy atom. The van der Waals surface area contributed by atoms with Crippen LogP contribution in [0.15, 0.2) is 0 Å². The first-order chi connectivity index (χ1) is 8.19. The summed E-state index contributed by atoms with van der Waals surface area (Å²) in [6, 6.07) is 0. The molecule has 0 radical (unpaired) electrons. The van der Waals surface area contributed by atoms with Gasteiger partial charge in [0.2, 0.25) is 0 Å². The molecular formula is C12H13BrO4. The number of halogens is 1. The average molecular weight is 301 g/mol. The molecule has 0 bridgehead atoms. The lowest BCUT2D eigenvalue weighted by Gasteiger charge is -2.26. The molecule has 5 rings (SSSR count). The Morgan fingerprint density at radius 2 is 2.06 bits per heavy atom. The lowest BCUT2D eigenvalue weighted by atomic mass is 9.72. The zero-order valence-electron chi connectivity index (χ0n) is 9.23. The second kappa shape index (κ2) is 2.64. The SMILES string of the molecule is O=C1C2OC2CCC12OC21C(Br)CCC2OC21. The molecule has 17 heavy (non-hydrogen) atoms. The van der Waals surface area contributed by atoms with Crippen molar-refractivity contribution in [3.63, 3.8) is 0 Å². The van der Waals surface area contributed by atoms with Crippen molar-refractivity contribution in [2.75, 3.05) is 0 Å². The van der Waals surface area contributed by atoms with Crippen LogP contribution in [0, 0.1) is 0 Å². The molecule has 0 aromatic carbocycles. The zero-order chi connectivity index (χ0) is 11.4. The maximum absolute atomic E-state index is 12.4. The number of Topliss-reactive ketones (excluding diaryl/α,β-unsaturated/α-hetero) is 1. The van der Waals surface area contributed by atoms with Crippen molar-refractivity contribution < 1.29 is 19.0 Å². The van der Waals surface area contributed by atoms with Gasteiger partial charge in [0.15, 0.2) is 11.4 Å². The van der Waals surface area contributed by atoms with Crippen molar-refractivity contribution >= 4 is 21.7 Å². The van der Waals surface area contributed by atoms with Gasteiger partial charge < -0.3 is 14.2 Å². The number of alkyl halides is 1. The van der Waals surface area contributed by atoms with Gasteiger partial charge >= 0.3 is 0 Å². The van der Waals surface area contributed by atoms with Crippen LogP contribution in [0.2, 0.25) is 0 Å². The van der Waals surface area contributed by atoms with Crippen molar-refractivity contribution in [2.24, 2.45) is 0 Å². The molecule has 92 valence electrons. The standard InChI is InChI=1S/C12H13BrO4/c13-7-2-1-6-10(16-6)12(7)11(17-12)4-3-5-8(15-5)9(11)14/h5-8,10H,1-4H2. The highest BCUT2D eigenvalue weighted by Gasteiger charge is 2.87. The minimum atomic E-state index is -0.585. The molecule has 5 fully saturated rings. The second-order valence-corrected chi connectivity index (χ2v) is 6.97. The van der Waals surface area contributed by atoms with Gasteiger partial charge in [0.25, 0.3) is 0 Å². The lowest BCUT2D eigenvalue weighted by Crippen LogP contribution is -2.49. The summed E-state index contributed by atoms with van der Waals surface area (Å²) in [6.45, 7) is 0. The van der Waals surface area contributed by atoms with Crippen LogP contribution in [-0.4, -0.2) is 46.2 Å². The number of ketones is 1. The topological polar surface area (TPSA) is 54.7 Å². The number of rotatable bonds is 0. The highest BCUT2D eigenvalue weighted by atomic mass is 79.9. The predicted molar refractivity (Wildman–Crippen MR) is 60.1 cm³/mol. The Labute approximate surface area is 107 Å². The van der Waals surface area contributed by atoms with Crippen LogP contribution in [0.3, 0.4) is 0 Å². The number of carbonyl (C=O) groups is 1. The van der Waals surface area contributed by atoms with E-state index in [1.165, 1.54) is 0 Å². The highest BCUT2D eigenvalue weighted by molar-refractivity contribution is 9.09. The van der Waals surface area contributed by atoms with Crippen LogP contribution in [0.1, 0.15) is 25.7 Å². The average Bonchev–Trinajstić information content (AvgIpc) is 3.20. The Kier molecular flexibility index (Phi) is 1.54. The number of hydrogen-bond donors (Lipinski definition) is 0. The molecule has 3 saturated heterocycles. The second-order valence-electron chi connectivity index (χ2n) is 5.86. The van der Waals surface area contributed by atoms with Crippen molar-refractivity contribution in [1.29, 1.82) is 0 Å². The van der Waals surface area contributed by atoms with Crippen LogP contribution < -0.4 is 0 Å². The summed E-state index contributed by atoms with van der Waals surface area (Å²) in [6.07, 6.45) is 4.35. The van der Waals surface area contributed by atoms with Crippen LogP contribution in [0.4, 0.5) is 0 Å². The Morgan fingerprint density at radius 1 is 1.18 bits per heavy atom. The number of carbonyl (C=O) groups excluding carboxylic acids is 1. The fraction of sp³-hybridized carbons (Fsp3) is 0.917. The molecule has 7 atom stereocenters. The third kappa shape index (κ3) is 0.937. The van der Waals surface area contributed by atoms with Crippen molar-refractivity contribution in [1.82, 2.24) is 0 Å². The summed E-state index contributed by atoms with van der Waals surface area (Å²) in [4.78, 5) is 12.7. The molecule has 0 N–H and O–H groups in total. The lowest BCUT2D eigenvalue weighted by molar-refractivity contribution is -0.126. The first kappa shape index (κ1) is 9.89. The van der Waals surface area contributed by atoms with Crippen molar-refractivity contribution in [2.45, 2.75) is 66.1 Å². The van der Waals surface area contributed by atoms with E-state index in [0.717, 1.165) is 25.7 Å². The molecule has 4 nitrogen and oxygen atoms in total. The monoisotopic (exact) mass is 300 g/mol. The Hall–Kier alpha value is 0.0300. The van der Waals surface area contributed by atoms with Gasteiger partial charge in [0, 0.05) is 4.83 Å². The molecule has 3 heterocycles. The van der Waals surface area contributed by atoms with E-state index in [0.29, 0.717) is 6.10 Å². The van der Waals surface area contributed by atoms with E-state index in [2.05, 4.69) is 15.9 Å². The van der Waals surface area contributed by atoms with Crippen LogP contribution >= 0.6 is 15.9 Å². The largest absolute Gasteiger partial charge is 0.366 e. The summed E-state index contributed by atoms with van der Waals surface area (Å²) in [5, 5.41) is 0. The predicted octanol–water partition coefficient (Wildman–Crippen LogP) is 0.949. The van der Waals surface area contributed by atoms with E-state index in [1.807, 2.05) is 0 Å². The number of fused-ring (bicyclic) bond motifs is 4. The van der Waals surface area contributed by atoms with E-state index >= 15 is 0 Å². The maximum Gasteiger partial charge on any atom is 0.199 e. The summed E-state index contributed by atoms with van der Waals surface area (Å²) >= 11 is 3.71. The van der Waals surface area contributed by atoms with Gasteiger partial charge in [-0.1, -0.05) is 15.9 Å². The third-order valence-corrected chi connectivity index (χ3v) is 6.27. The van der Waals surface area contributed by atoms with E-state index in [4.69, 9.17) is 14.2 Å². The van der Waals surface area contributed by atoms with E-state index in [-0.39, 0.29) is 34.5 Å². The molecule has 0 amide bonds. The van der Waals surface area contributed by atoms with E-state index < -0.39 is 5.60 Å². The number of epoxide rings is 3. The van der Waals surface area contributed by atoms with Gasteiger partial charge in [-0.2, -0.15) is 0 Å². The van der Waals surface area contributed by atoms with Gasteiger partial charge in [0.1, 0.15) is 17.8 Å². The van der Waals surface area contributed by atoms with Crippen LogP contribution in [0.25, 0.3) is 0 Å². The molecule has 0 aromatic rings. The number of hydrogen-bond acceptors (Lipinski definition) is 4. The highest BCUT2D eigenvalue weighted by Crippen LogP contribution is 2.68. The Balaban J connectivity index is 1.56. The number of ether oxygens (including phenoxy) is 3. The quantitative estimate of drug-likeness (QED) is 0.494. The summed E-state index contributed by atoms with van der Waals surface area (Å²) < 4.78 is 17.1. The first-order valence-electron chi connectivity index (χ1n) is 6.38. The molecule has 2 spiro atoms. The third-order valence-electron chi connectivity index (χ3n) is 5.13. The summed E-state index contributed by atoms with van der Waals surface area (Å²) in [5.41, 5.74) is -0.956. The van der Waals surface area contributed by atoms with Crippen LogP contribution in [0.5, 0.6) is 0 Å². The molecular weight excluding hydrogens is 288 g/mol. The normalized spacial score (nSPS) is 66.6. The smallest absolute Gasteiger partial charge is 0.199 e. The molecule has 3 aliphatic heterocycles. The maximum atomic E-state index is 12.4. The van der Waals surface area contributed by atoms with Crippen molar-refractivity contribution in [3.8, 4) is 0 Å². The van der Waals surface area contributed by atoms with Gasteiger partial charge in [-0.15, -0.1) is 0 Å². The van der Waals surface area contributed by atoms with E-state index in [9.17, 15) is 4.79 Å². The van der Waals surface area contributed by atoms with Crippen LogP contribution in [-0.2, 0) is 19.0 Å². The van der Waals surface area contributed by atoms with Gasteiger partial charge in [-0.3, -0.25) is 4.79 Å². The van der Waals surface area contributed by atoms with Gasteiger partial charge in [-0.05, 0) is 25.7 Å². The minimum absolute atomic E-state index is 0.139. The molecule has 5 heteroatoms. The fourth-order valence-corrected chi connectivity index (χ4v) is 5.08. The van der Waals surface area contributed by atoms with Gasteiger partial charge in [-0.25, -0.2) is 0 Å². The molecule has 2 saturated carbocycles. The van der Waals surface area contributed by atoms with Gasteiger partial charge in [0.05, 0.1) is 12.2 Å². The molecule has 5 aliphatic rings. The fourth-order valence-electron chi connectivity index (χ4n) is 4.09. The molecule has 7 unspecified atom stereocenters. The Bertz CT molecular complexity index is 436. The first-order valence-corrected chi connectivity index (χ1v) is 7.30. The molecule has 0 aromatic heterocycles. The summed E-state index contributed by atoms with van der Waals surface area (Å²) in [7, 11) is 0.